The molecule has 1 aliphatic rings. The van der Waals surface area contributed by atoms with Crippen molar-refractivity contribution in [2.24, 2.45) is 7.05 Å². The maximum Gasteiger partial charge on any atom is 0.276 e. The Morgan fingerprint density at radius 1 is 1.28 bits per heavy atom. The van der Waals surface area contributed by atoms with Crippen molar-refractivity contribution in [3.05, 3.63) is 30.1 Å². The van der Waals surface area contributed by atoms with Gasteiger partial charge in [-0.15, -0.1) is 5.10 Å². The Hall–Kier alpha value is -2.18. The number of hydrogen-bond acceptors (Lipinski definition) is 4. The minimum absolute atomic E-state index is 0.0623. The number of amides is 1. The highest BCUT2D eigenvalue weighted by molar-refractivity contribution is 5.92. The minimum Gasteiger partial charge on any atom is -0.337 e. The average Bonchev–Trinajstić information content (AvgIpc) is 3.14. The normalized spacial score (nSPS) is 16.2. The molecule has 1 amide bonds. The van der Waals surface area contributed by atoms with E-state index in [0.717, 1.165) is 18.7 Å². The Labute approximate surface area is 149 Å². The first kappa shape index (κ1) is 17.6. The van der Waals surface area contributed by atoms with Crippen LogP contribution in [0.4, 0.5) is 0 Å². The fraction of sp³-hybridized carbons (Fsp3) is 0.667. The monoisotopic (exact) mass is 344 g/mol. The molecule has 136 valence electrons. The third kappa shape index (κ3) is 4.08. The molecule has 1 fully saturated rings. The molecule has 7 heteroatoms. The number of aromatic nitrogens is 5. The topological polar surface area (TPSA) is 68.8 Å². The number of nitrogens with zero attached hydrogens (tertiary/aromatic N) is 6. The predicted molar refractivity (Wildman–Crippen MR) is 95.0 cm³/mol. The van der Waals surface area contributed by atoms with Crippen LogP contribution >= 0.6 is 0 Å². The van der Waals surface area contributed by atoms with Gasteiger partial charge in [-0.3, -0.25) is 4.79 Å². The number of aryl methyl sites for hydroxylation is 1. The summed E-state index contributed by atoms with van der Waals surface area (Å²) in [7, 11) is 1.94. The minimum atomic E-state index is -0.0853. The lowest BCUT2D eigenvalue weighted by atomic mass is 10.1. The van der Waals surface area contributed by atoms with Crippen molar-refractivity contribution in [2.75, 3.05) is 0 Å². The Balaban J connectivity index is 1.75. The van der Waals surface area contributed by atoms with Crippen molar-refractivity contribution in [2.45, 2.75) is 71.0 Å². The van der Waals surface area contributed by atoms with Gasteiger partial charge < -0.3 is 9.47 Å². The quantitative estimate of drug-likeness (QED) is 0.782. The standard InChI is InChI=1S/C18H28N6O/c1-14(2)23(13-17-19-10-11-22(17)3)18(25)16-12-24(21-20-16)15-8-6-4-5-7-9-15/h10-12,14-15H,4-9,13H2,1-3H3. The zero-order valence-electron chi connectivity index (χ0n) is 15.4. The van der Waals surface area contributed by atoms with Crippen molar-refractivity contribution in [1.29, 1.82) is 0 Å². The van der Waals surface area contributed by atoms with Crippen LogP contribution in [0.3, 0.4) is 0 Å². The highest BCUT2D eigenvalue weighted by Gasteiger charge is 2.24. The first-order chi connectivity index (χ1) is 12.1. The summed E-state index contributed by atoms with van der Waals surface area (Å²) in [5, 5.41) is 8.43. The van der Waals surface area contributed by atoms with Crippen LogP contribution in [0.15, 0.2) is 18.6 Å². The van der Waals surface area contributed by atoms with Gasteiger partial charge in [0.15, 0.2) is 5.69 Å². The average molecular weight is 344 g/mol. The molecule has 0 aliphatic heterocycles. The fourth-order valence-electron chi connectivity index (χ4n) is 3.41. The van der Waals surface area contributed by atoms with Crippen LogP contribution in [-0.4, -0.2) is 41.4 Å². The third-order valence-electron chi connectivity index (χ3n) is 5.05. The van der Waals surface area contributed by atoms with Crippen molar-refractivity contribution in [3.8, 4) is 0 Å². The van der Waals surface area contributed by atoms with E-state index in [1.807, 2.05) is 42.5 Å². The van der Waals surface area contributed by atoms with E-state index in [4.69, 9.17) is 0 Å². The highest BCUT2D eigenvalue weighted by Crippen LogP contribution is 2.26. The van der Waals surface area contributed by atoms with E-state index < -0.39 is 0 Å². The van der Waals surface area contributed by atoms with E-state index in [9.17, 15) is 4.79 Å². The Morgan fingerprint density at radius 3 is 2.60 bits per heavy atom. The van der Waals surface area contributed by atoms with Gasteiger partial charge >= 0.3 is 0 Å². The Bertz CT molecular complexity index is 696. The fourth-order valence-corrected chi connectivity index (χ4v) is 3.41. The number of carbonyl (C=O) groups is 1. The van der Waals surface area contributed by atoms with E-state index >= 15 is 0 Å². The van der Waals surface area contributed by atoms with Crippen molar-refractivity contribution < 1.29 is 4.79 Å². The van der Waals surface area contributed by atoms with Crippen LogP contribution in [0.25, 0.3) is 0 Å². The van der Waals surface area contributed by atoms with Gasteiger partial charge in [0, 0.05) is 25.5 Å². The molecule has 2 aromatic rings. The zero-order valence-corrected chi connectivity index (χ0v) is 15.4. The molecule has 1 aliphatic carbocycles. The van der Waals surface area contributed by atoms with Gasteiger partial charge in [-0.2, -0.15) is 0 Å². The van der Waals surface area contributed by atoms with E-state index in [2.05, 4.69) is 15.3 Å². The largest absolute Gasteiger partial charge is 0.337 e. The summed E-state index contributed by atoms with van der Waals surface area (Å²) in [4.78, 5) is 19.1. The predicted octanol–water partition coefficient (Wildman–Crippen LogP) is 2.96. The van der Waals surface area contributed by atoms with Crippen molar-refractivity contribution >= 4 is 5.91 Å². The molecule has 0 radical (unpaired) electrons. The lowest BCUT2D eigenvalue weighted by molar-refractivity contribution is 0.0677. The maximum absolute atomic E-state index is 13.0. The van der Waals surface area contributed by atoms with Gasteiger partial charge in [0.05, 0.1) is 18.8 Å². The number of imidazole rings is 1. The summed E-state index contributed by atoms with van der Waals surface area (Å²) in [5.74, 6) is 0.774. The van der Waals surface area contributed by atoms with Gasteiger partial charge in [-0.1, -0.05) is 30.9 Å². The molecule has 2 heterocycles. The van der Waals surface area contributed by atoms with Crippen LogP contribution in [0.2, 0.25) is 0 Å². The summed E-state index contributed by atoms with van der Waals surface area (Å²) >= 11 is 0. The van der Waals surface area contributed by atoms with Crippen molar-refractivity contribution in [1.82, 2.24) is 29.4 Å². The van der Waals surface area contributed by atoms with Crippen molar-refractivity contribution in [3.63, 3.8) is 0 Å². The lowest BCUT2D eigenvalue weighted by Crippen LogP contribution is -2.37. The van der Waals surface area contributed by atoms with Crippen LogP contribution in [0, 0.1) is 0 Å². The number of hydrogen-bond donors (Lipinski definition) is 0. The second-order valence-corrected chi connectivity index (χ2v) is 7.21. The molecule has 1 saturated carbocycles. The van der Waals surface area contributed by atoms with Crippen LogP contribution in [-0.2, 0) is 13.6 Å². The summed E-state index contributed by atoms with van der Waals surface area (Å²) in [6.45, 7) is 4.49. The molecule has 0 N–H and O–H groups in total. The molecule has 0 saturated heterocycles. The second-order valence-electron chi connectivity index (χ2n) is 7.21. The van der Waals surface area contributed by atoms with Gasteiger partial charge in [0.25, 0.3) is 5.91 Å². The summed E-state index contributed by atoms with van der Waals surface area (Å²) in [5.41, 5.74) is 0.423. The van der Waals surface area contributed by atoms with Gasteiger partial charge in [0.1, 0.15) is 5.82 Å². The smallest absolute Gasteiger partial charge is 0.276 e. The molecule has 0 aromatic carbocycles. The van der Waals surface area contributed by atoms with Gasteiger partial charge in [0.2, 0.25) is 0 Å². The Kier molecular flexibility index (Phi) is 5.50. The van der Waals surface area contributed by atoms with E-state index in [-0.39, 0.29) is 11.9 Å². The van der Waals surface area contributed by atoms with E-state index in [0.29, 0.717) is 18.3 Å². The number of rotatable bonds is 5. The molecule has 0 spiro atoms. The van der Waals surface area contributed by atoms with Crippen LogP contribution in [0.5, 0.6) is 0 Å². The zero-order chi connectivity index (χ0) is 17.8. The molecular weight excluding hydrogens is 316 g/mol. The summed E-state index contributed by atoms with van der Waals surface area (Å²) in [6, 6.07) is 0.436. The SMILES string of the molecule is CC(C)N(Cc1nccn1C)C(=O)c1cn(C2CCCCCC2)nn1. The molecule has 3 rings (SSSR count). The van der Waals surface area contributed by atoms with Crippen LogP contribution in [0.1, 0.15) is 74.7 Å². The maximum atomic E-state index is 13.0. The molecule has 25 heavy (non-hydrogen) atoms. The van der Waals surface area contributed by atoms with Gasteiger partial charge in [-0.25, -0.2) is 9.67 Å². The molecule has 7 nitrogen and oxygen atoms in total. The van der Waals surface area contributed by atoms with E-state index in [1.165, 1.54) is 25.7 Å². The summed E-state index contributed by atoms with van der Waals surface area (Å²) in [6.07, 6.45) is 12.8. The molecule has 0 bridgehead atoms. The van der Waals surface area contributed by atoms with Gasteiger partial charge in [-0.05, 0) is 26.7 Å². The first-order valence-corrected chi connectivity index (χ1v) is 9.25. The molecule has 0 atom stereocenters. The lowest BCUT2D eigenvalue weighted by Gasteiger charge is -2.25. The second kappa shape index (κ2) is 7.80. The van der Waals surface area contributed by atoms with E-state index in [1.54, 1.807) is 11.1 Å². The third-order valence-corrected chi connectivity index (χ3v) is 5.05. The van der Waals surface area contributed by atoms with Crippen LogP contribution < -0.4 is 0 Å². The number of carbonyl (C=O) groups excluding carboxylic acids is 1. The molecule has 0 unspecified atom stereocenters. The first-order valence-electron chi connectivity index (χ1n) is 9.25. The highest BCUT2D eigenvalue weighted by atomic mass is 16.2. The molecule has 2 aromatic heterocycles. The molecular formula is C18H28N6O. The Morgan fingerprint density at radius 2 is 2.00 bits per heavy atom. The summed E-state index contributed by atoms with van der Waals surface area (Å²) < 4.78 is 3.84.